The summed E-state index contributed by atoms with van der Waals surface area (Å²) < 4.78 is 10.3. The summed E-state index contributed by atoms with van der Waals surface area (Å²) in [7, 11) is 1.63. The third-order valence-corrected chi connectivity index (χ3v) is 4.18. The molecule has 6 atom stereocenters. The van der Waals surface area contributed by atoms with Gasteiger partial charge in [0.15, 0.2) is 0 Å². The minimum Gasteiger partial charge on any atom is -0.465 e. The van der Waals surface area contributed by atoms with Crippen LogP contribution in [-0.4, -0.2) is 37.0 Å². The van der Waals surface area contributed by atoms with Crippen LogP contribution in [0.5, 0.6) is 0 Å². The fourth-order valence-corrected chi connectivity index (χ4v) is 3.61. The van der Waals surface area contributed by atoms with Gasteiger partial charge in [0.05, 0.1) is 24.7 Å². The van der Waals surface area contributed by atoms with Gasteiger partial charge in [0.1, 0.15) is 0 Å². The summed E-state index contributed by atoms with van der Waals surface area (Å²) in [4.78, 5) is 11.4. The number of cyclic esters (lactones) is 1. The standard InChI is InChI=1S/C10H14O4/c1-13-9-4-2-5(8(9)11)7-6(4)3-14-10(7)12/h4-9,11H,2-3H2,1H3/t4-,5-,6+,7-,8-,9+/m1/s1. The van der Waals surface area contributed by atoms with Gasteiger partial charge in [-0.2, -0.15) is 0 Å². The SMILES string of the molecule is CO[C@@H]1[C@H](O)[C@@H]2C[C@@H]1[C@@H]1COC(=O)[C@H]21. The molecule has 4 nitrogen and oxygen atoms in total. The highest BCUT2D eigenvalue weighted by Gasteiger charge is 2.63. The molecule has 0 aromatic rings. The number of hydrogen-bond acceptors (Lipinski definition) is 4. The molecule has 14 heavy (non-hydrogen) atoms. The van der Waals surface area contributed by atoms with E-state index in [4.69, 9.17) is 9.47 Å². The van der Waals surface area contributed by atoms with Crippen molar-refractivity contribution >= 4 is 5.97 Å². The number of carbonyl (C=O) groups is 1. The van der Waals surface area contributed by atoms with Gasteiger partial charge >= 0.3 is 5.97 Å². The molecule has 0 radical (unpaired) electrons. The summed E-state index contributed by atoms with van der Waals surface area (Å²) in [6.45, 7) is 0.525. The molecule has 1 saturated heterocycles. The highest BCUT2D eigenvalue weighted by Crippen LogP contribution is 2.55. The van der Waals surface area contributed by atoms with E-state index in [0.29, 0.717) is 18.4 Å². The van der Waals surface area contributed by atoms with Crippen molar-refractivity contribution in [3.63, 3.8) is 0 Å². The van der Waals surface area contributed by atoms with Crippen LogP contribution in [0, 0.1) is 23.7 Å². The Morgan fingerprint density at radius 3 is 2.93 bits per heavy atom. The zero-order chi connectivity index (χ0) is 9.87. The molecule has 78 valence electrons. The van der Waals surface area contributed by atoms with E-state index in [1.165, 1.54) is 0 Å². The molecule has 0 aromatic heterocycles. The van der Waals surface area contributed by atoms with Crippen LogP contribution in [0.2, 0.25) is 0 Å². The Hall–Kier alpha value is -0.610. The molecule has 1 aliphatic heterocycles. The Bertz CT molecular complexity index is 277. The number of esters is 1. The van der Waals surface area contributed by atoms with E-state index in [1.807, 2.05) is 0 Å². The molecule has 0 aromatic carbocycles. The Balaban J connectivity index is 1.92. The van der Waals surface area contributed by atoms with E-state index >= 15 is 0 Å². The van der Waals surface area contributed by atoms with Crippen LogP contribution in [-0.2, 0) is 14.3 Å². The first-order valence-corrected chi connectivity index (χ1v) is 5.11. The van der Waals surface area contributed by atoms with Gasteiger partial charge in [-0.25, -0.2) is 0 Å². The second-order valence-electron chi connectivity index (χ2n) is 4.57. The summed E-state index contributed by atoms with van der Waals surface area (Å²) >= 11 is 0. The Kier molecular flexibility index (Phi) is 1.67. The maximum atomic E-state index is 11.4. The molecule has 3 fully saturated rings. The molecule has 1 N–H and O–H groups in total. The normalized spacial score (nSPS) is 54.9. The van der Waals surface area contributed by atoms with Crippen molar-refractivity contribution in [3.8, 4) is 0 Å². The molecular weight excluding hydrogens is 184 g/mol. The van der Waals surface area contributed by atoms with Crippen LogP contribution in [0.4, 0.5) is 0 Å². The van der Waals surface area contributed by atoms with E-state index in [9.17, 15) is 9.90 Å². The lowest BCUT2D eigenvalue weighted by Gasteiger charge is -2.31. The van der Waals surface area contributed by atoms with Crippen LogP contribution >= 0.6 is 0 Å². The third-order valence-electron chi connectivity index (χ3n) is 4.18. The number of rotatable bonds is 1. The first kappa shape index (κ1) is 8.68. The van der Waals surface area contributed by atoms with Crippen molar-refractivity contribution in [1.82, 2.24) is 0 Å². The van der Waals surface area contributed by atoms with E-state index in [2.05, 4.69) is 0 Å². The number of methoxy groups -OCH3 is 1. The zero-order valence-corrected chi connectivity index (χ0v) is 8.05. The molecule has 0 spiro atoms. The lowest BCUT2D eigenvalue weighted by molar-refractivity contribution is -0.144. The number of aliphatic hydroxyl groups is 1. The second-order valence-corrected chi connectivity index (χ2v) is 4.57. The number of aliphatic hydroxyl groups excluding tert-OH is 1. The van der Waals surface area contributed by atoms with Gasteiger partial charge < -0.3 is 14.6 Å². The maximum Gasteiger partial charge on any atom is 0.309 e. The first-order valence-electron chi connectivity index (χ1n) is 5.11. The smallest absolute Gasteiger partial charge is 0.309 e. The number of hydrogen-bond donors (Lipinski definition) is 1. The van der Waals surface area contributed by atoms with Gasteiger partial charge in [0.25, 0.3) is 0 Å². The maximum absolute atomic E-state index is 11.4. The van der Waals surface area contributed by atoms with E-state index < -0.39 is 6.10 Å². The fourth-order valence-electron chi connectivity index (χ4n) is 3.61. The van der Waals surface area contributed by atoms with Crippen LogP contribution in [0.3, 0.4) is 0 Å². The topological polar surface area (TPSA) is 55.8 Å². The van der Waals surface area contributed by atoms with E-state index in [-0.39, 0.29) is 23.9 Å². The van der Waals surface area contributed by atoms with Crippen molar-refractivity contribution in [2.24, 2.45) is 23.7 Å². The Morgan fingerprint density at radius 2 is 2.21 bits per heavy atom. The van der Waals surface area contributed by atoms with E-state index in [1.54, 1.807) is 7.11 Å². The van der Waals surface area contributed by atoms with Gasteiger partial charge in [-0.05, 0) is 12.3 Å². The number of fused-ring (bicyclic) bond motifs is 5. The van der Waals surface area contributed by atoms with Crippen molar-refractivity contribution in [3.05, 3.63) is 0 Å². The van der Waals surface area contributed by atoms with Gasteiger partial charge in [-0.3, -0.25) is 4.79 Å². The van der Waals surface area contributed by atoms with Gasteiger partial charge in [-0.15, -0.1) is 0 Å². The average molecular weight is 198 g/mol. The molecular formula is C10H14O4. The van der Waals surface area contributed by atoms with Crippen molar-refractivity contribution in [2.75, 3.05) is 13.7 Å². The largest absolute Gasteiger partial charge is 0.465 e. The minimum absolute atomic E-state index is 0.0543. The van der Waals surface area contributed by atoms with Crippen LogP contribution < -0.4 is 0 Å². The summed E-state index contributed by atoms with van der Waals surface area (Å²) in [5.74, 6) is 0.514. The van der Waals surface area contributed by atoms with Crippen LogP contribution in [0.25, 0.3) is 0 Å². The first-order chi connectivity index (χ1) is 6.74. The molecule has 2 bridgehead atoms. The molecule has 3 rings (SSSR count). The van der Waals surface area contributed by atoms with Crippen LogP contribution in [0.1, 0.15) is 6.42 Å². The molecule has 3 aliphatic rings. The van der Waals surface area contributed by atoms with Crippen LogP contribution in [0.15, 0.2) is 0 Å². The summed E-state index contributed by atoms with van der Waals surface area (Å²) in [5.41, 5.74) is 0. The summed E-state index contributed by atoms with van der Waals surface area (Å²) in [6.07, 6.45) is 0.358. The van der Waals surface area contributed by atoms with Gasteiger partial charge in [0, 0.05) is 18.9 Å². The minimum atomic E-state index is -0.475. The average Bonchev–Trinajstić information content (AvgIpc) is 2.77. The number of carbonyl (C=O) groups excluding carboxylic acids is 1. The summed E-state index contributed by atoms with van der Waals surface area (Å²) in [6, 6.07) is 0. The van der Waals surface area contributed by atoms with Crippen molar-refractivity contribution in [2.45, 2.75) is 18.6 Å². The third kappa shape index (κ3) is 0.834. The fraction of sp³-hybridized carbons (Fsp3) is 0.900. The molecule has 2 saturated carbocycles. The monoisotopic (exact) mass is 198 g/mol. The predicted molar refractivity (Wildman–Crippen MR) is 46.3 cm³/mol. The zero-order valence-electron chi connectivity index (χ0n) is 8.05. The Morgan fingerprint density at radius 1 is 1.43 bits per heavy atom. The molecule has 0 amide bonds. The quantitative estimate of drug-likeness (QED) is 0.593. The van der Waals surface area contributed by atoms with E-state index in [0.717, 1.165) is 6.42 Å². The highest BCUT2D eigenvalue weighted by atomic mass is 16.5. The second kappa shape index (κ2) is 2.70. The van der Waals surface area contributed by atoms with Gasteiger partial charge in [0.2, 0.25) is 0 Å². The Labute approximate surface area is 82.2 Å². The van der Waals surface area contributed by atoms with Gasteiger partial charge in [-0.1, -0.05) is 0 Å². The molecule has 1 heterocycles. The predicted octanol–water partition coefficient (Wildman–Crippen LogP) is -0.199. The highest BCUT2D eigenvalue weighted by molar-refractivity contribution is 5.76. The number of ether oxygens (including phenoxy) is 2. The molecule has 4 heteroatoms. The van der Waals surface area contributed by atoms with Crippen molar-refractivity contribution in [1.29, 1.82) is 0 Å². The molecule has 0 unspecified atom stereocenters. The lowest BCUT2D eigenvalue weighted by atomic mass is 9.78. The molecule has 2 aliphatic carbocycles. The lowest BCUT2D eigenvalue weighted by Crippen LogP contribution is -2.43. The van der Waals surface area contributed by atoms with Crippen molar-refractivity contribution < 1.29 is 19.4 Å². The summed E-state index contributed by atoms with van der Waals surface area (Å²) in [5, 5.41) is 9.91.